The van der Waals surface area contributed by atoms with Gasteiger partial charge in [-0.15, -0.1) is 0 Å². The average molecular weight is 331 g/mol. The summed E-state index contributed by atoms with van der Waals surface area (Å²) in [5, 5.41) is 4.24. The van der Waals surface area contributed by atoms with E-state index < -0.39 is 0 Å². The number of amides is 1. The van der Waals surface area contributed by atoms with Crippen LogP contribution in [0.3, 0.4) is 0 Å². The summed E-state index contributed by atoms with van der Waals surface area (Å²) in [7, 11) is 3.95. The second kappa shape index (κ2) is 5.87. The lowest BCUT2D eigenvalue weighted by atomic mass is 9.60. The lowest BCUT2D eigenvalue weighted by molar-refractivity contribution is -0.173. The first-order valence-corrected chi connectivity index (χ1v) is 9.43. The summed E-state index contributed by atoms with van der Waals surface area (Å²) in [5.74, 6) is 0.856. The highest BCUT2D eigenvalue weighted by Crippen LogP contribution is 2.57. The fourth-order valence-corrected chi connectivity index (χ4v) is 5.28. The van der Waals surface area contributed by atoms with Crippen molar-refractivity contribution in [3.05, 3.63) is 18.0 Å². The van der Waals surface area contributed by atoms with Crippen LogP contribution in [0, 0.1) is 11.3 Å². The quantitative estimate of drug-likeness (QED) is 0.833. The van der Waals surface area contributed by atoms with Gasteiger partial charge in [-0.1, -0.05) is 12.8 Å². The molecule has 0 N–H and O–H groups in total. The molecule has 1 aromatic heterocycles. The molecule has 3 aliphatic rings. The Morgan fingerprint density at radius 1 is 1.42 bits per heavy atom. The van der Waals surface area contributed by atoms with Crippen LogP contribution < -0.4 is 0 Å². The number of rotatable bonds is 5. The molecule has 5 heteroatoms. The van der Waals surface area contributed by atoms with Crippen LogP contribution in [0.4, 0.5) is 0 Å². The number of aryl methyl sites for hydroxylation is 1. The van der Waals surface area contributed by atoms with E-state index in [9.17, 15) is 4.79 Å². The molecule has 4 rings (SSSR count). The van der Waals surface area contributed by atoms with Crippen molar-refractivity contribution >= 4 is 5.91 Å². The normalized spacial score (nSPS) is 33.5. The molecule has 5 nitrogen and oxygen atoms in total. The van der Waals surface area contributed by atoms with Crippen molar-refractivity contribution in [1.29, 1.82) is 0 Å². The minimum atomic E-state index is 0.156. The maximum atomic E-state index is 13.0. The predicted molar refractivity (Wildman–Crippen MR) is 91.5 cm³/mol. The molecule has 4 atom stereocenters. The summed E-state index contributed by atoms with van der Waals surface area (Å²) in [6.07, 6.45) is 11.3. The Balaban J connectivity index is 1.42. The van der Waals surface area contributed by atoms with Crippen LogP contribution in [0.15, 0.2) is 12.4 Å². The number of carbonyl (C=O) groups is 1. The zero-order chi connectivity index (χ0) is 16.9. The van der Waals surface area contributed by atoms with Crippen LogP contribution in [0.1, 0.15) is 56.9 Å². The second-order valence-electron chi connectivity index (χ2n) is 7.98. The lowest BCUT2D eigenvalue weighted by Crippen LogP contribution is -2.64. The number of aromatic nitrogens is 2. The molecule has 0 radical (unpaired) electrons. The van der Waals surface area contributed by atoms with Crippen LogP contribution in [-0.4, -0.2) is 46.4 Å². The maximum Gasteiger partial charge on any atom is 0.226 e. The van der Waals surface area contributed by atoms with Crippen molar-refractivity contribution in [2.75, 3.05) is 13.7 Å². The molecular weight excluding hydrogens is 302 g/mol. The number of ether oxygens (including phenoxy) is 1. The van der Waals surface area contributed by atoms with Crippen LogP contribution in [0.5, 0.6) is 0 Å². The molecule has 1 aromatic rings. The number of nitrogens with zero attached hydrogens (tertiary/aromatic N) is 3. The zero-order valence-electron chi connectivity index (χ0n) is 15.1. The maximum absolute atomic E-state index is 13.0. The van der Waals surface area contributed by atoms with Crippen LogP contribution >= 0.6 is 0 Å². The molecule has 0 aromatic carbocycles. The SMILES string of the molecule is CCOC1CC(N(C)C(=O)C2CC2c2cnn(C)c2)C12CCCC2. The Morgan fingerprint density at radius 2 is 2.17 bits per heavy atom. The van der Waals surface area contributed by atoms with E-state index in [2.05, 4.69) is 16.9 Å². The van der Waals surface area contributed by atoms with Gasteiger partial charge in [0, 0.05) is 44.3 Å². The van der Waals surface area contributed by atoms with Crippen LogP contribution in [0.25, 0.3) is 0 Å². The highest BCUT2D eigenvalue weighted by atomic mass is 16.5. The van der Waals surface area contributed by atoms with Gasteiger partial charge in [0.2, 0.25) is 5.91 Å². The van der Waals surface area contributed by atoms with Gasteiger partial charge in [0.25, 0.3) is 0 Å². The second-order valence-corrected chi connectivity index (χ2v) is 7.98. The first-order valence-electron chi connectivity index (χ1n) is 9.43. The van der Waals surface area contributed by atoms with E-state index in [1.54, 1.807) is 0 Å². The summed E-state index contributed by atoms with van der Waals surface area (Å²) in [6.45, 7) is 2.86. The van der Waals surface area contributed by atoms with Crippen LogP contribution in [0.2, 0.25) is 0 Å². The topological polar surface area (TPSA) is 47.4 Å². The Morgan fingerprint density at radius 3 is 2.79 bits per heavy atom. The smallest absolute Gasteiger partial charge is 0.226 e. The van der Waals surface area contributed by atoms with Crippen molar-refractivity contribution in [2.24, 2.45) is 18.4 Å². The number of hydrogen-bond donors (Lipinski definition) is 0. The summed E-state index contributed by atoms with van der Waals surface area (Å²) < 4.78 is 7.82. The molecule has 0 bridgehead atoms. The largest absolute Gasteiger partial charge is 0.378 e. The van der Waals surface area contributed by atoms with E-state index in [0.29, 0.717) is 24.0 Å². The first-order chi connectivity index (χ1) is 11.6. The van der Waals surface area contributed by atoms with Gasteiger partial charge in [-0.3, -0.25) is 9.48 Å². The fourth-order valence-electron chi connectivity index (χ4n) is 5.28. The van der Waals surface area contributed by atoms with Gasteiger partial charge in [0.1, 0.15) is 0 Å². The van der Waals surface area contributed by atoms with E-state index in [-0.39, 0.29) is 11.3 Å². The summed E-state index contributed by atoms with van der Waals surface area (Å²) in [5.41, 5.74) is 1.44. The Labute approximate surface area is 144 Å². The van der Waals surface area contributed by atoms with Gasteiger partial charge in [0.15, 0.2) is 0 Å². The summed E-state index contributed by atoms with van der Waals surface area (Å²) >= 11 is 0. The first kappa shape index (κ1) is 16.1. The Bertz CT molecular complexity index is 620. The molecule has 3 fully saturated rings. The van der Waals surface area contributed by atoms with E-state index in [4.69, 9.17) is 4.74 Å². The third kappa shape index (κ3) is 2.40. The molecule has 4 unspecified atom stereocenters. The zero-order valence-corrected chi connectivity index (χ0v) is 15.1. The summed E-state index contributed by atoms with van der Waals surface area (Å²) in [4.78, 5) is 15.1. The van der Waals surface area contributed by atoms with Gasteiger partial charge in [-0.2, -0.15) is 5.10 Å². The van der Waals surface area contributed by atoms with Crippen molar-refractivity contribution in [3.8, 4) is 0 Å². The lowest BCUT2D eigenvalue weighted by Gasteiger charge is -2.57. The van der Waals surface area contributed by atoms with Crippen molar-refractivity contribution < 1.29 is 9.53 Å². The minimum Gasteiger partial charge on any atom is -0.378 e. The monoisotopic (exact) mass is 331 g/mol. The highest BCUT2D eigenvalue weighted by Gasteiger charge is 2.60. The summed E-state index contributed by atoms with van der Waals surface area (Å²) in [6, 6.07) is 0.374. The van der Waals surface area contributed by atoms with E-state index in [1.165, 1.54) is 31.2 Å². The standard InChI is InChI=1S/C19H29N3O2/c1-4-24-17-10-16(19(17)7-5-6-8-19)22(3)18(23)15-9-14(15)13-11-20-21(2)12-13/h11-12,14-17H,4-10H2,1-3H3. The van der Waals surface area contributed by atoms with Crippen LogP contribution in [-0.2, 0) is 16.6 Å². The fraction of sp³-hybridized carbons (Fsp3) is 0.789. The molecule has 1 spiro atoms. The van der Waals surface area contributed by atoms with Gasteiger partial charge in [-0.25, -0.2) is 0 Å². The highest BCUT2D eigenvalue weighted by molar-refractivity contribution is 5.83. The van der Waals surface area contributed by atoms with Crippen molar-refractivity contribution in [1.82, 2.24) is 14.7 Å². The van der Waals surface area contributed by atoms with Crippen molar-refractivity contribution in [2.45, 2.75) is 63.5 Å². The third-order valence-corrected chi connectivity index (χ3v) is 6.72. The van der Waals surface area contributed by atoms with Gasteiger partial charge >= 0.3 is 0 Å². The number of carbonyl (C=O) groups excluding carboxylic acids is 1. The van der Waals surface area contributed by atoms with E-state index in [0.717, 1.165) is 19.4 Å². The average Bonchev–Trinajstić information content (AvgIpc) is 2.97. The molecule has 24 heavy (non-hydrogen) atoms. The predicted octanol–water partition coefficient (Wildman–Crippen LogP) is 2.72. The minimum absolute atomic E-state index is 0.156. The molecule has 3 aliphatic carbocycles. The molecule has 0 aliphatic heterocycles. The molecular formula is C19H29N3O2. The van der Waals surface area contributed by atoms with Gasteiger partial charge in [0.05, 0.1) is 12.3 Å². The molecule has 0 saturated heterocycles. The van der Waals surface area contributed by atoms with E-state index in [1.807, 2.05) is 31.2 Å². The van der Waals surface area contributed by atoms with Gasteiger partial charge < -0.3 is 9.64 Å². The third-order valence-electron chi connectivity index (χ3n) is 6.72. The van der Waals surface area contributed by atoms with Gasteiger partial charge in [-0.05, 0) is 44.1 Å². The molecule has 132 valence electrons. The van der Waals surface area contributed by atoms with E-state index >= 15 is 0 Å². The molecule has 1 heterocycles. The molecule has 1 amide bonds. The Hall–Kier alpha value is -1.36. The molecule has 3 saturated carbocycles. The number of hydrogen-bond acceptors (Lipinski definition) is 3. The Kier molecular flexibility index (Phi) is 3.94. The van der Waals surface area contributed by atoms with Crippen molar-refractivity contribution in [3.63, 3.8) is 0 Å².